The van der Waals surface area contributed by atoms with Gasteiger partial charge in [0.25, 0.3) is 0 Å². The van der Waals surface area contributed by atoms with Gasteiger partial charge in [-0.05, 0) is 64.7 Å². The molecule has 144 valence electrons. The molecule has 3 rings (SSSR count). The number of thioether (sulfide) groups is 1. The zero-order valence-corrected chi connectivity index (χ0v) is 17.7. The van der Waals surface area contributed by atoms with Crippen molar-refractivity contribution < 1.29 is 4.74 Å². The lowest BCUT2D eigenvalue weighted by atomic mass is 9.79. The van der Waals surface area contributed by atoms with Gasteiger partial charge in [0.2, 0.25) is 0 Å². The van der Waals surface area contributed by atoms with Crippen LogP contribution >= 0.6 is 11.8 Å². The quantitative estimate of drug-likeness (QED) is 0.851. The molecule has 0 bridgehead atoms. The van der Waals surface area contributed by atoms with Crippen LogP contribution in [-0.2, 0) is 6.54 Å². The van der Waals surface area contributed by atoms with E-state index in [1.165, 1.54) is 22.9 Å². The molecule has 0 saturated carbocycles. The van der Waals surface area contributed by atoms with Crippen LogP contribution < -0.4 is 10.1 Å². The summed E-state index contributed by atoms with van der Waals surface area (Å²) in [4.78, 5) is 7.46. The highest BCUT2D eigenvalue weighted by atomic mass is 32.2. The standard InChI is InChI=1S/C21H33N3OS/c1-20(2)13-17(14-21(3,4)23-20)24(19-22-11-6-12-26-19)15-16-7-9-18(25-5)10-8-16/h7-10,17,23H,6,11-15H2,1-5H3. The molecule has 4 nitrogen and oxygen atoms in total. The van der Waals surface area contributed by atoms with E-state index in [1.807, 2.05) is 11.8 Å². The third kappa shape index (κ3) is 4.95. The Morgan fingerprint density at radius 2 is 1.81 bits per heavy atom. The summed E-state index contributed by atoms with van der Waals surface area (Å²) in [7, 11) is 1.72. The molecule has 0 spiro atoms. The van der Waals surface area contributed by atoms with Crippen molar-refractivity contribution in [3.63, 3.8) is 0 Å². The van der Waals surface area contributed by atoms with Crippen LogP contribution in [-0.4, -0.2) is 46.6 Å². The van der Waals surface area contributed by atoms with Gasteiger partial charge in [0.1, 0.15) is 5.75 Å². The number of piperidine rings is 1. The van der Waals surface area contributed by atoms with Gasteiger partial charge >= 0.3 is 0 Å². The molecular formula is C21H33N3OS. The molecule has 0 unspecified atom stereocenters. The second-order valence-electron chi connectivity index (χ2n) is 8.80. The van der Waals surface area contributed by atoms with Crippen molar-refractivity contribution in [1.82, 2.24) is 10.2 Å². The van der Waals surface area contributed by atoms with Crippen LogP contribution in [0.4, 0.5) is 0 Å². The van der Waals surface area contributed by atoms with Gasteiger partial charge in [-0.2, -0.15) is 0 Å². The van der Waals surface area contributed by atoms with Gasteiger partial charge < -0.3 is 15.0 Å². The van der Waals surface area contributed by atoms with Crippen LogP contribution in [0.3, 0.4) is 0 Å². The Balaban J connectivity index is 1.86. The Morgan fingerprint density at radius 1 is 1.15 bits per heavy atom. The average Bonchev–Trinajstić information content (AvgIpc) is 2.58. The summed E-state index contributed by atoms with van der Waals surface area (Å²) >= 11 is 1.92. The summed E-state index contributed by atoms with van der Waals surface area (Å²) in [6, 6.07) is 8.96. The second-order valence-corrected chi connectivity index (χ2v) is 9.86. The van der Waals surface area contributed by atoms with Crippen LogP contribution in [0.5, 0.6) is 5.75 Å². The SMILES string of the molecule is COc1ccc(CN(C2=NCCCS2)C2CC(C)(C)NC(C)(C)C2)cc1. The van der Waals surface area contributed by atoms with Gasteiger partial charge in [-0.3, -0.25) is 4.99 Å². The van der Waals surface area contributed by atoms with Gasteiger partial charge in [-0.1, -0.05) is 23.9 Å². The van der Waals surface area contributed by atoms with Gasteiger partial charge in [0.15, 0.2) is 5.17 Å². The molecule has 1 N–H and O–H groups in total. The number of amidine groups is 1. The largest absolute Gasteiger partial charge is 0.497 e. The molecule has 1 saturated heterocycles. The first-order valence-electron chi connectivity index (χ1n) is 9.64. The number of nitrogens with one attached hydrogen (secondary N) is 1. The van der Waals surface area contributed by atoms with Crippen LogP contribution in [0.2, 0.25) is 0 Å². The molecule has 26 heavy (non-hydrogen) atoms. The highest BCUT2D eigenvalue weighted by Gasteiger charge is 2.41. The smallest absolute Gasteiger partial charge is 0.159 e. The normalized spacial score (nSPS) is 22.6. The molecule has 1 aromatic carbocycles. The first kappa shape index (κ1) is 19.6. The van der Waals surface area contributed by atoms with Gasteiger partial charge in [0, 0.05) is 36.0 Å². The summed E-state index contributed by atoms with van der Waals surface area (Å²) in [5, 5.41) is 5.04. The molecule has 2 aliphatic rings. The predicted octanol–water partition coefficient (Wildman–Crippen LogP) is 4.30. The van der Waals surface area contributed by atoms with E-state index in [1.54, 1.807) is 7.11 Å². The van der Waals surface area contributed by atoms with Crippen molar-refractivity contribution >= 4 is 16.9 Å². The monoisotopic (exact) mass is 375 g/mol. The van der Waals surface area contributed by atoms with E-state index in [2.05, 4.69) is 62.2 Å². The van der Waals surface area contributed by atoms with Crippen molar-refractivity contribution in [2.45, 2.75) is 70.6 Å². The fraction of sp³-hybridized carbons (Fsp3) is 0.667. The number of rotatable bonds is 4. The maximum atomic E-state index is 5.31. The Bertz CT molecular complexity index is 623. The number of benzene rings is 1. The fourth-order valence-corrected chi connectivity index (χ4v) is 5.41. The van der Waals surface area contributed by atoms with E-state index in [4.69, 9.17) is 9.73 Å². The minimum absolute atomic E-state index is 0.129. The summed E-state index contributed by atoms with van der Waals surface area (Å²) in [5.74, 6) is 2.09. The maximum absolute atomic E-state index is 5.31. The van der Waals surface area contributed by atoms with Gasteiger partial charge in [-0.15, -0.1) is 0 Å². The minimum Gasteiger partial charge on any atom is -0.497 e. The number of nitrogens with zero attached hydrogens (tertiary/aromatic N) is 2. The van der Waals surface area contributed by atoms with E-state index in [0.717, 1.165) is 31.7 Å². The predicted molar refractivity (Wildman–Crippen MR) is 112 cm³/mol. The number of methoxy groups -OCH3 is 1. The Kier molecular flexibility index (Phi) is 5.88. The van der Waals surface area contributed by atoms with Crippen molar-refractivity contribution in [2.24, 2.45) is 4.99 Å². The molecule has 2 heterocycles. The molecule has 2 aliphatic heterocycles. The van der Waals surface area contributed by atoms with E-state index < -0.39 is 0 Å². The zero-order chi connectivity index (χ0) is 18.8. The second kappa shape index (κ2) is 7.81. The van der Waals surface area contributed by atoms with E-state index in [0.29, 0.717) is 6.04 Å². The van der Waals surface area contributed by atoms with Crippen LogP contribution in [0, 0.1) is 0 Å². The topological polar surface area (TPSA) is 36.9 Å². The lowest BCUT2D eigenvalue weighted by Gasteiger charge is -2.50. The third-order valence-corrected chi connectivity index (χ3v) is 6.26. The first-order valence-corrected chi connectivity index (χ1v) is 10.6. The molecule has 0 amide bonds. The van der Waals surface area contributed by atoms with E-state index in [9.17, 15) is 0 Å². The number of hydrogen-bond acceptors (Lipinski definition) is 5. The summed E-state index contributed by atoms with van der Waals surface area (Å²) in [6.45, 7) is 11.2. The number of aliphatic imine (C=N–C) groups is 1. The van der Waals surface area contributed by atoms with Gasteiger partial charge in [-0.25, -0.2) is 0 Å². The summed E-state index contributed by atoms with van der Waals surface area (Å²) in [6.07, 6.45) is 3.45. The molecule has 0 radical (unpaired) electrons. The average molecular weight is 376 g/mol. The van der Waals surface area contributed by atoms with Crippen molar-refractivity contribution in [3.8, 4) is 5.75 Å². The fourth-order valence-electron chi connectivity index (χ4n) is 4.39. The van der Waals surface area contributed by atoms with Gasteiger partial charge in [0.05, 0.1) is 7.11 Å². The summed E-state index contributed by atoms with van der Waals surface area (Å²) < 4.78 is 5.31. The van der Waals surface area contributed by atoms with Crippen LogP contribution in [0.1, 0.15) is 52.5 Å². The zero-order valence-electron chi connectivity index (χ0n) is 16.8. The molecule has 0 aliphatic carbocycles. The molecule has 1 fully saturated rings. The lowest BCUT2D eigenvalue weighted by Crippen LogP contribution is -2.62. The highest BCUT2D eigenvalue weighted by molar-refractivity contribution is 8.13. The highest BCUT2D eigenvalue weighted by Crippen LogP contribution is 2.34. The Morgan fingerprint density at radius 3 is 2.35 bits per heavy atom. The molecule has 0 aromatic heterocycles. The van der Waals surface area contributed by atoms with Crippen LogP contribution in [0.15, 0.2) is 29.3 Å². The van der Waals surface area contributed by atoms with E-state index >= 15 is 0 Å². The summed E-state index contributed by atoms with van der Waals surface area (Å²) in [5.41, 5.74) is 1.57. The van der Waals surface area contributed by atoms with Crippen molar-refractivity contribution in [2.75, 3.05) is 19.4 Å². The van der Waals surface area contributed by atoms with E-state index in [-0.39, 0.29) is 11.1 Å². The van der Waals surface area contributed by atoms with Crippen molar-refractivity contribution in [1.29, 1.82) is 0 Å². The minimum atomic E-state index is 0.129. The molecule has 0 atom stereocenters. The number of hydrogen-bond donors (Lipinski definition) is 1. The van der Waals surface area contributed by atoms with Crippen molar-refractivity contribution in [3.05, 3.63) is 29.8 Å². The Hall–Kier alpha value is -1.20. The Labute approximate surface area is 162 Å². The van der Waals surface area contributed by atoms with Crippen LogP contribution in [0.25, 0.3) is 0 Å². The molecular weight excluding hydrogens is 342 g/mol. The number of ether oxygens (including phenoxy) is 1. The lowest BCUT2D eigenvalue weighted by molar-refractivity contribution is 0.101. The maximum Gasteiger partial charge on any atom is 0.159 e. The third-order valence-electron chi connectivity index (χ3n) is 5.15. The molecule has 5 heteroatoms. The first-order chi connectivity index (χ1) is 12.3. The molecule has 1 aromatic rings.